The third-order valence-corrected chi connectivity index (χ3v) is 3.70. The predicted molar refractivity (Wildman–Crippen MR) is 72.2 cm³/mol. The summed E-state index contributed by atoms with van der Waals surface area (Å²) in [5.74, 6) is -1.66. The molecule has 0 spiro atoms. The summed E-state index contributed by atoms with van der Waals surface area (Å²) in [6.07, 6.45) is -2.81. The zero-order valence-corrected chi connectivity index (χ0v) is 11.8. The van der Waals surface area contributed by atoms with Crippen LogP contribution in [0.1, 0.15) is 5.56 Å². The molecule has 7 heteroatoms. The van der Waals surface area contributed by atoms with Crippen LogP contribution in [0.2, 0.25) is 0 Å². The van der Waals surface area contributed by atoms with Crippen molar-refractivity contribution in [2.24, 2.45) is 0 Å². The molecule has 0 saturated heterocycles. The van der Waals surface area contributed by atoms with Crippen molar-refractivity contribution < 1.29 is 22.3 Å². The van der Waals surface area contributed by atoms with Crippen LogP contribution < -0.4 is 4.74 Å². The van der Waals surface area contributed by atoms with Gasteiger partial charge in [0.15, 0.2) is 11.6 Å². The molecule has 0 radical (unpaired) electrons. The second-order valence-corrected chi connectivity index (χ2v) is 5.24. The summed E-state index contributed by atoms with van der Waals surface area (Å²) in [5, 5.41) is 0. The summed E-state index contributed by atoms with van der Waals surface area (Å²) >= 11 is 0.595. The van der Waals surface area contributed by atoms with Crippen LogP contribution in [0.3, 0.4) is 0 Å². The van der Waals surface area contributed by atoms with E-state index in [4.69, 9.17) is 4.74 Å². The Bertz CT molecular complexity index is 616. The third-order valence-electron chi connectivity index (χ3n) is 2.47. The smallest absolute Gasteiger partial charge is 0.398 e. The van der Waals surface area contributed by atoms with Gasteiger partial charge in [-0.1, -0.05) is 6.07 Å². The number of aryl methyl sites for hydroxylation is 1. The Morgan fingerprint density at radius 3 is 2.62 bits per heavy atom. The summed E-state index contributed by atoms with van der Waals surface area (Å²) in [4.78, 5) is 4.20. The third kappa shape index (κ3) is 4.63. The van der Waals surface area contributed by atoms with Gasteiger partial charge in [0.05, 0.1) is 5.75 Å². The van der Waals surface area contributed by atoms with Crippen LogP contribution in [0.25, 0.3) is 0 Å². The predicted octanol–water partition coefficient (Wildman–Crippen LogP) is 4.98. The number of ether oxygens (including phenoxy) is 1. The van der Waals surface area contributed by atoms with Gasteiger partial charge in [-0.15, -0.1) is 11.8 Å². The zero-order chi connectivity index (χ0) is 15.5. The van der Waals surface area contributed by atoms with Gasteiger partial charge in [0.2, 0.25) is 5.88 Å². The van der Waals surface area contributed by atoms with Crippen LogP contribution >= 0.6 is 11.8 Å². The number of benzene rings is 1. The number of pyridine rings is 1. The average Bonchev–Trinajstić information content (AvgIpc) is 2.41. The topological polar surface area (TPSA) is 22.1 Å². The van der Waals surface area contributed by atoms with Gasteiger partial charge >= 0.3 is 6.18 Å². The molecular formula is C14H11F4NOS. The lowest BCUT2D eigenvalue weighted by Gasteiger charge is -2.11. The molecule has 0 amide bonds. The number of halogens is 4. The Morgan fingerprint density at radius 2 is 2.00 bits per heavy atom. The number of hydrogen-bond donors (Lipinski definition) is 0. The number of aromatic nitrogens is 1. The quantitative estimate of drug-likeness (QED) is 0.587. The van der Waals surface area contributed by atoms with Crippen molar-refractivity contribution in [2.45, 2.75) is 18.0 Å². The van der Waals surface area contributed by atoms with Crippen LogP contribution in [0, 0.1) is 12.7 Å². The molecule has 0 aliphatic heterocycles. The molecule has 0 aliphatic carbocycles. The lowest BCUT2D eigenvalue weighted by atomic mass is 10.2. The van der Waals surface area contributed by atoms with E-state index in [1.54, 1.807) is 19.1 Å². The molecule has 1 aromatic heterocycles. The van der Waals surface area contributed by atoms with Gasteiger partial charge < -0.3 is 4.74 Å². The number of thioether (sulfide) groups is 1. The molecule has 2 aromatic rings. The number of hydrogen-bond acceptors (Lipinski definition) is 3. The van der Waals surface area contributed by atoms with Crippen molar-refractivity contribution in [2.75, 3.05) is 5.75 Å². The Morgan fingerprint density at radius 1 is 1.24 bits per heavy atom. The highest BCUT2D eigenvalue weighted by Crippen LogP contribution is 2.34. The lowest BCUT2D eigenvalue weighted by molar-refractivity contribution is -0.105. The normalized spacial score (nSPS) is 11.5. The average molecular weight is 317 g/mol. The molecule has 0 fully saturated rings. The van der Waals surface area contributed by atoms with E-state index in [-0.39, 0.29) is 11.6 Å². The first-order valence-electron chi connectivity index (χ1n) is 5.94. The molecular weight excluding hydrogens is 306 g/mol. The van der Waals surface area contributed by atoms with Crippen molar-refractivity contribution in [3.05, 3.63) is 47.9 Å². The van der Waals surface area contributed by atoms with E-state index < -0.39 is 17.7 Å². The van der Waals surface area contributed by atoms with E-state index in [2.05, 4.69) is 4.98 Å². The molecule has 1 aromatic carbocycles. The molecule has 0 aliphatic rings. The van der Waals surface area contributed by atoms with Crippen molar-refractivity contribution in [1.82, 2.24) is 4.98 Å². The van der Waals surface area contributed by atoms with E-state index in [1.165, 1.54) is 18.3 Å². The van der Waals surface area contributed by atoms with Crippen LogP contribution in [0.5, 0.6) is 11.6 Å². The van der Waals surface area contributed by atoms with Crippen LogP contribution in [-0.2, 0) is 0 Å². The van der Waals surface area contributed by atoms with E-state index in [0.717, 1.165) is 6.07 Å². The SMILES string of the molecule is Cc1cc(F)c(Oc2ccccn2)cc1SCC(F)(F)F. The maximum atomic E-state index is 13.8. The fourth-order valence-corrected chi connectivity index (χ4v) is 2.34. The highest BCUT2D eigenvalue weighted by molar-refractivity contribution is 7.99. The maximum Gasteiger partial charge on any atom is 0.398 e. The van der Waals surface area contributed by atoms with E-state index in [9.17, 15) is 17.6 Å². The van der Waals surface area contributed by atoms with Crippen LogP contribution in [-0.4, -0.2) is 16.9 Å². The second-order valence-electron chi connectivity index (χ2n) is 4.22. The first kappa shape index (κ1) is 15.6. The minimum absolute atomic E-state index is 0.149. The van der Waals surface area contributed by atoms with Gasteiger partial charge in [-0.05, 0) is 30.7 Å². The number of nitrogens with zero attached hydrogens (tertiary/aromatic N) is 1. The van der Waals surface area contributed by atoms with Crippen LogP contribution in [0.15, 0.2) is 41.4 Å². The molecule has 0 unspecified atom stereocenters. The molecule has 0 bridgehead atoms. The van der Waals surface area contributed by atoms with Crippen molar-refractivity contribution in [3.63, 3.8) is 0 Å². The molecule has 21 heavy (non-hydrogen) atoms. The van der Waals surface area contributed by atoms with Gasteiger partial charge in [0.1, 0.15) is 0 Å². The minimum atomic E-state index is -4.28. The fourth-order valence-electron chi connectivity index (χ4n) is 1.55. The Labute approximate surface area is 123 Å². The van der Waals surface area contributed by atoms with Gasteiger partial charge in [-0.2, -0.15) is 13.2 Å². The summed E-state index contributed by atoms with van der Waals surface area (Å²) < 4.78 is 55.9. The number of rotatable bonds is 4. The largest absolute Gasteiger partial charge is 0.436 e. The van der Waals surface area contributed by atoms with Gasteiger partial charge in [-0.25, -0.2) is 9.37 Å². The van der Waals surface area contributed by atoms with E-state index in [1.807, 2.05) is 0 Å². The van der Waals surface area contributed by atoms with Crippen molar-refractivity contribution >= 4 is 11.8 Å². The first-order chi connectivity index (χ1) is 9.85. The maximum absolute atomic E-state index is 13.8. The summed E-state index contributed by atoms with van der Waals surface area (Å²) in [6.45, 7) is 1.55. The summed E-state index contributed by atoms with van der Waals surface area (Å²) in [5.41, 5.74) is 0.426. The molecule has 2 rings (SSSR count). The van der Waals surface area contributed by atoms with Gasteiger partial charge in [0, 0.05) is 17.2 Å². The Balaban J connectivity index is 2.22. The van der Waals surface area contributed by atoms with E-state index >= 15 is 0 Å². The Hall–Kier alpha value is -1.76. The summed E-state index contributed by atoms with van der Waals surface area (Å²) in [6, 6.07) is 7.27. The molecule has 0 atom stereocenters. The highest BCUT2D eigenvalue weighted by Gasteiger charge is 2.27. The van der Waals surface area contributed by atoms with Crippen molar-refractivity contribution in [1.29, 1.82) is 0 Å². The van der Waals surface area contributed by atoms with E-state index in [0.29, 0.717) is 22.2 Å². The van der Waals surface area contributed by atoms with Gasteiger partial charge in [0.25, 0.3) is 0 Å². The molecule has 2 nitrogen and oxygen atoms in total. The highest BCUT2D eigenvalue weighted by atomic mass is 32.2. The minimum Gasteiger partial charge on any atom is -0.436 e. The Kier molecular flexibility index (Phi) is 4.72. The number of alkyl halides is 3. The summed E-state index contributed by atoms with van der Waals surface area (Å²) in [7, 11) is 0. The second kappa shape index (κ2) is 6.34. The van der Waals surface area contributed by atoms with Gasteiger partial charge in [-0.3, -0.25) is 0 Å². The molecule has 1 heterocycles. The molecule has 0 saturated carbocycles. The molecule has 112 valence electrons. The standard InChI is InChI=1S/C14H11F4NOS/c1-9-6-10(15)11(20-13-4-2-3-5-19-13)7-12(9)21-8-14(16,17)18/h2-7H,8H2,1H3. The molecule has 0 N–H and O–H groups in total. The lowest BCUT2D eigenvalue weighted by Crippen LogP contribution is -2.10. The van der Waals surface area contributed by atoms with Crippen molar-refractivity contribution in [3.8, 4) is 11.6 Å². The fraction of sp³-hybridized carbons (Fsp3) is 0.214. The monoisotopic (exact) mass is 317 g/mol. The zero-order valence-electron chi connectivity index (χ0n) is 10.9. The van der Waals surface area contributed by atoms with Crippen LogP contribution in [0.4, 0.5) is 17.6 Å². The first-order valence-corrected chi connectivity index (χ1v) is 6.92.